The van der Waals surface area contributed by atoms with Crippen LogP contribution >= 0.6 is 0 Å². The first-order valence-corrected chi connectivity index (χ1v) is 5.47. The van der Waals surface area contributed by atoms with Crippen LogP contribution in [0.5, 0.6) is 0 Å². The highest BCUT2D eigenvalue weighted by atomic mass is 19.1. The fraction of sp³-hybridized carbons (Fsp3) is 0.364. The normalized spacial score (nSPS) is 13.4. The molecule has 0 aliphatic carbocycles. The van der Waals surface area contributed by atoms with Gasteiger partial charge in [-0.25, -0.2) is 13.6 Å². The fourth-order valence-electron chi connectivity index (χ4n) is 1.58. The molecule has 0 fully saturated rings. The maximum absolute atomic E-state index is 13.6. The predicted octanol–water partition coefficient (Wildman–Crippen LogP) is 1.76. The Kier molecular flexibility index (Phi) is 5.39. The number of halogens is 2. The second-order valence-corrected chi connectivity index (χ2v) is 3.91. The topological polar surface area (TPSA) is 127 Å². The molecular formula is C11H11F2N3O4. The van der Waals surface area contributed by atoms with Crippen LogP contribution in [0, 0.1) is 11.6 Å². The molecule has 0 aliphatic rings. The molecule has 2 atom stereocenters. The molecule has 0 saturated heterocycles. The summed E-state index contributed by atoms with van der Waals surface area (Å²) in [7, 11) is 0. The van der Waals surface area contributed by atoms with Gasteiger partial charge in [0.2, 0.25) is 0 Å². The molecule has 3 N–H and O–H groups in total. The number of rotatable bonds is 6. The van der Waals surface area contributed by atoms with Crippen LogP contribution < -0.4 is 0 Å². The number of benzene rings is 1. The van der Waals surface area contributed by atoms with Gasteiger partial charge in [0.25, 0.3) is 0 Å². The lowest BCUT2D eigenvalue weighted by atomic mass is 9.99. The molecule has 1 rings (SSSR count). The summed E-state index contributed by atoms with van der Waals surface area (Å²) in [5.41, 5.74) is 6.60. The molecule has 1 aromatic rings. The zero-order valence-corrected chi connectivity index (χ0v) is 10.1. The lowest BCUT2D eigenvalue weighted by Crippen LogP contribution is -2.21. The highest BCUT2D eigenvalue weighted by Gasteiger charge is 2.26. The van der Waals surface area contributed by atoms with Gasteiger partial charge in [0.1, 0.15) is 17.7 Å². The van der Waals surface area contributed by atoms with Crippen molar-refractivity contribution in [1.29, 1.82) is 0 Å². The number of hydrogen-bond donors (Lipinski definition) is 3. The van der Waals surface area contributed by atoms with Crippen molar-refractivity contribution in [2.24, 2.45) is 5.11 Å². The molecule has 0 spiro atoms. The Hall–Kier alpha value is -2.22. The molecule has 0 saturated carbocycles. The van der Waals surface area contributed by atoms with E-state index in [2.05, 4.69) is 10.0 Å². The van der Waals surface area contributed by atoms with Crippen LogP contribution in [0.15, 0.2) is 17.2 Å². The Labute approximate surface area is 111 Å². The average Bonchev–Trinajstić information content (AvgIpc) is 2.37. The summed E-state index contributed by atoms with van der Waals surface area (Å²) in [6, 6.07) is 1.09. The summed E-state index contributed by atoms with van der Waals surface area (Å²) in [6.45, 7) is -0.162. The van der Waals surface area contributed by atoms with Crippen LogP contribution in [0.3, 0.4) is 0 Å². The van der Waals surface area contributed by atoms with Crippen molar-refractivity contribution in [3.8, 4) is 0 Å². The number of hydrogen-bond acceptors (Lipinski definition) is 4. The quantitative estimate of drug-likeness (QED) is 0.418. The number of aromatic carboxylic acids is 1. The molecule has 0 radical (unpaired) electrons. The van der Waals surface area contributed by atoms with Gasteiger partial charge in [0.15, 0.2) is 0 Å². The first-order chi connectivity index (χ1) is 9.38. The van der Waals surface area contributed by atoms with Crippen LogP contribution in [-0.2, 0) is 0 Å². The van der Waals surface area contributed by atoms with Gasteiger partial charge in [-0.3, -0.25) is 0 Å². The van der Waals surface area contributed by atoms with E-state index in [1.807, 2.05) is 0 Å². The minimum Gasteiger partial charge on any atom is -0.478 e. The van der Waals surface area contributed by atoms with E-state index in [4.69, 9.17) is 10.6 Å². The standard InChI is InChI=1S/C11H11F2N3O4/c12-6-3-5(11(19)20)4-7(13)9(6)10(18)8(17)1-2-15-16-14/h3-4,8,10,17-18H,1-2H2,(H,19,20). The van der Waals surface area contributed by atoms with Crippen LogP contribution in [0.4, 0.5) is 8.78 Å². The van der Waals surface area contributed by atoms with E-state index in [-0.39, 0.29) is 13.0 Å². The van der Waals surface area contributed by atoms with E-state index in [1.54, 1.807) is 0 Å². The van der Waals surface area contributed by atoms with Crippen molar-refractivity contribution < 1.29 is 28.9 Å². The number of aliphatic hydroxyl groups is 2. The Morgan fingerprint density at radius 3 is 2.35 bits per heavy atom. The largest absolute Gasteiger partial charge is 0.478 e. The van der Waals surface area contributed by atoms with Gasteiger partial charge in [0.05, 0.1) is 17.2 Å². The highest BCUT2D eigenvalue weighted by Crippen LogP contribution is 2.26. The van der Waals surface area contributed by atoms with E-state index in [1.165, 1.54) is 0 Å². The molecule has 2 unspecified atom stereocenters. The number of aliphatic hydroxyl groups excluding tert-OH is 2. The monoisotopic (exact) mass is 287 g/mol. The lowest BCUT2D eigenvalue weighted by Gasteiger charge is -2.18. The highest BCUT2D eigenvalue weighted by molar-refractivity contribution is 5.87. The van der Waals surface area contributed by atoms with Gasteiger partial charge >= 0.3 is 5.97 Å². The fourth-order valence-corrected chi connectivity index (χ4v) is 1.58. The second-order valence-electron chi connectivity index (χ2n) is 3.91. The van der Waals surface area contributed by atoms with Gasteiger partial charge in [-0.05, 0) is 24.1 Å². The van der Waals surface area contributed by atoms with Gasteiger partial charge < -0.3 is 15.3 Å². The molecule has 108 valence electrons. The van der Waals surface area contributed by atoms with Crippen molar-refractivity contribution in [2.75, 3.05) is 6.54 Å². The first kappa shape index (κ1) is 15.8. The summed E-state index contributed by atoms with van der Waals surface area (Å²) in [5.74, 6) is -4.08. The predicted molar refractivity (Wildman–Crippen MR) is 62.9 cm³/mol. The maximum Gasteiger partial charge on any atom is 0.335 e. The maximum atomic E-state index is 13.6. The van der Waals surface area contributed by atoms with Gasteiger partial charge in [0, 0.05) is 11.5 Å². The molecule has 7 nitrogen and oxygen atoms in total. The molecular weight excluding hydrogens is 276 g/mol. The molecule has 0 amide bonds. The number of carboxylic acids is 1. The van der Waals surface area contributed by atoms with E-state index in [0.29, 0.717) is 12.1 Å². The summed E-state index contributed by atoms with van der Waals surface area (Å²) in [6.07, 6.45) is -3.66. The molecule has 20 heavy (non-hydrogen) atoms. The first-order valence-electron chi connectivity index (χ1n) is 5.47. The third-order valence-electron chi connectivity index (χ3n) is 2.57. The van der Waals surface area contributed by atoms with Crippen molar-refractivity contribution in [1.82, 2.24) is 0 Å². The molecule has 0 aliphatic heterocycles. The third kappa shape index (κ3) is 3.64. The SMILES string of the molecule is [N-]=[N+]=NCCC(O)C(O)c1c(F)cc(C(=O)O)cc1F. The number of carbonyl (C=O) groups is 1. The Bertz CT molecular complexity index is 538. The smallest absolute Gasteiger partial charge is 0.335 e. The zero-order valence-electron chi connectivity index (χ0n) is 10.1. The Morgan fingerprint density at radius 1 is 1.35 bits per heavy atom. The Balaban J connectivity index is 3.00. The minimum absolute atomic E-state index is 0.162. The van der Waals surface area contributed by atoms with Gasteiger partial charge in [-0.2, -0.15) is 0 Å². The average molecular weight is 287 g/mol. The molecule has 0 aromatic heterocycles. The van der Waals surface area contributed by atoms with Gasteiger partial charge in [-0.15, -0.1) is 0 Å². The van der Waals surface area contributed by atoms with Crippen LogP contribution in [0.25, 0.3) is 10.4 Å². The van der Waals surface area contributed by atoms with E-state index >= 15 is 0 Å². The van der Waals surface area contributed by atoms with Crippen molar-refractivity contribution >= 4 is 5.97 Å². The minimum atomic E-state index is -1.90. The molecule has 0 heterocycles. The van der Waals surface area contributed by atoms with Crippen LogP contribution in [-0.4, -0.2) is 33.9 Å². The van der Waals surface area contributed by atoms with Crippen molar-refractivity contribution in [3.63, 3.8) is 0 Å². The van der Waals surface area contributed by atoms with Gasteiger partial charge in [-0.1, -0.05) is 5.11 Å². The summed E-state index contributed by atoms with van der Waals surface area (Å²) in [5, 5.41) is 30.9. The summed E-state index contributed by atoms with van der Waals surface area (Å²) >= 11 is 0. The molecule has 9 heteroatoms. The zero-order chi connectivity index (χ0) is 15.3. The lowest BCUT2D eigenvalue weighted by molar-refractivity contribution is 0.0107. The molecule has 0 bridgehead atoms. The van der Waals surface area contributed by atoms with E-state index < -0.39 is 40.9 Å². The summed E-state index contributed by atoms with van der Waals surface area (Å²) in [4.78, 5) is 13.0. The van der Waals surface area contributed by atoms with E-state index in [9.17, 15) is 23.8 Å². The van der Waals surface area contributed by atoms with E-state index in [0.717, 1.165) is 0 Å². The number of carboxylic acid groups (broad SMARTS) is 1. The van der Waals surface area contributed by atoms with Crippen LogP contribution in [0.2, 0.25) is 0 Å². The summed E-state index contributed by atoms with van der Waals surface area (Å²) < 4.78 is 27.2. The Morgan fingerprint density at radius 2 is 1.90 bits per heavy atom. The number of azide groups is 1. The van der Waals surface area contributed by atoms with Crippen molar-refractivity contribution in [3.05, 3.63) is 45.3 Å². The number of nitrogens with zero attached hydrogens (tertiary/aromatic N) is 3. The van der Waals surface area contributed by atoms with Crippen LogP contribution in [0.1, 0.15) is 28.4 Å². The second kappa shape index (κ2) is 6.80. The third-order valence-corrected chi connectivity index (χ3v) is 2.57. The van der Waals surface area contributed by atoms with Crippen molar-refractivity contribution in [2.45, 2.75) is 18.6 Å². The molecule has 1 aromatic carbocycles.